The van der Waals surface area contributed by atoms with Gasteiger partial charge in [0.25, 0.3) is 0 Å². The summed E-state index contributed by atoms with van der Waals surface area (Å²) in [5.41, 5.74) is 2.52. The smallest absolute Gasteiger partial charge is 0.224 e. The lowest BCUT2D eigenvalue weighted by Gasteiger charge is -2.12. The van der Waals surface area contributed by atoms with E-state index in [1.807, 2.05) is 0 Å². The predicted octanol–water partition coefficient (Wildman–Crippen LogP) is 7.15. The Kier molecular flexibility index (Phi) is 8.14. The number of nitrogens with one attached hydrogen (secondary N) is 1. The van der Waals surface area contributed by atoms with Gasteiger partial charge in [-0.2, -0.15) is 0 Å². The van der Waals surface area contributed by atoms with Crippen molar-refractivity contribution in [1.29, 1.82) is 0 Å². The summed E-state index contributed by atoms with van der Waals surface area (Å²) in [6, 6.07) is 20.5. The summed E-state index contributed by atoms with van der Waals surface area (Å²) in [5.74, 6) is 0.504. The number of benzene rings is 3. The monoisotopic (exact) mass is 501 g/mol. The van der Waals surface area contributed by atoms with Gasteiger partial charge in [0.15, 0.2) is 5.78 Å². The lowest BCUT2D eigenvalue weighted by molar-refractivity contribution is -0.116. The van der Waals surface area contributed by atoms with E-state index in [9.17, 15) is 9.59 Å². The molecule has 3 rings (SSSR count). The molecular weight excluding hydrogens is 482 g/mol. The zero-order chi connectivity index (χ0) is 21.5. The van der Waals surface area contributed by atoms with Crippen molar-refractivity contribution >= 4 is 56.7 Å². The van der Waals surface area contributed by atoms with Gasteiger partial charge in [-0.15, -0.1) is 11.8 Å². The molecule has 0 atom stereocenters. The van der Waals surface area contributed by atoms with E-state index in [-0.39, 0.29) is 11.7 Å². The van der Waals surface area contributed by atoms with Gasteiger partial charge in [-0.05, 0) is 61.6 Å². The van der Waals surface area contributed by atoms with Crippen molar-refractivity contribution in [2.75, 3.05) is 11.1 Å². The van der Waals surface area contributed by atoms with Crippen molar-refractivity contribution in [3.8, 4) is 0 Å². The molecule has 0 heterocycles. The number of hydrogen-bond donors (Lipinski definition) is 1. The van der Waals surface area contributed by atoms with Gasteiger partial charge in [-0.1, -0.05) is 57.4 Å². The summed E-state index contributed by atoms with van der Waals surface area (Å²) in [6.45, 7) is 2.06. The first-order valence-corrected chi connectivity index (χ1v) is 11.7. The van der Waals surface area contributed by atoms with Crippen molar-refractivity contribution in [1.82, 2.24) is 0 Å². The van der Waals surface area contributed by atoms with E-state index in [0.717, 1.165) is 16.6 Å². The van der Waals surface area contributed by atoms with Gasteiger partial charge in [0.1, 0.15) is 0 Å². The average Bonchev–Trinajstić information content (AvgIpc) is 2.73. The molecule has 0 bridgehead atoms. The van der Waals surface area contributed by atoms with Crippen LogP contribution in [0.3, 0.4) is 0 Å². The summed E-state index contributed by atoms with van der Waals surface area (Å²) in [7, 11) is 0. The molecule has 0 spiro atoms. The number of ketones is 1. The fourth-order valence-corrected chi connectivity index (χ4v) is 4.31. The van der Waals surface area contributed by atoms with Crippen LogP contribution in [0.5, 0.6) is 0 Å². The van der Waals surface area contributed by atoms with Crippen LogP contribution in [0.4, 0.5) is 5.69 Å². The molecule has 0 aliphatic carbocycles. The minimum absolute atomic E-state index is 0.116. The van der Waals surface area contributed by atoms with E-state index in [4.69, 9.17) is 11.6 Å². The average molecular weight is 503 g/mol. The fourth-order valence-electron chi connectivity index (χ4n) is 2.87. The molecule has 3 nitrogen and oxygen atoms in total. The summed E-state index contributed by atoms with van der Waals surface area (Å²) in [6.07, 6.45) is 1.13. The maximum Gasteiger partial charge on any atom is 0.224 e. The minimum Gasteiger partial charge on any atom is -0.325 e. The van der Waals surface area contributed by atoms with Gasteiger partial charge >= 0.3 is 0 Å². The molecular formula is C24H21BrClNO2S. The fraction of sp³-hybridized carbons (Fsp3) is 0.167. The third-order valence-electron chi connectivity index (χ3n) is 4.46. The van der Waals surface area contributed by atoms with Crippen molar-refractivity contribution < 1.29 is 9.59 Å². The molecule has 0 saturated heterocycles. The minimum atomic E-state index is -0.230. The van der Waals surface area contributed by atoms with Crippen molar-refractivity contribution in [3.63, 3.8) is 0 Å². The Balaban J connectivity index is 1.62. The van der Waals surface area contributed by atoms with Gasteiger partial charge in [0.2, 0.25) is 5.91 Å². The van der Waals surface area contributed by atoms with Crippen LogP contribution in [0.2, 0.25) is 5.02 Å². The molecule has 0 aliphatic heterocycles. The number of hydrogen-bond acceptors (Lipinski definition) is 3. The number of anilines is 1. The van der Waals surface area contributed by atoms with Crippen LogP contribution in [0.15, 0.2) is 76.1 Å². The second kappa shape index (κ2) is 10.8. The molecule has 3 aromatic carbocycles. The number of aryl methyl sites for hydroxylation is 1. The Labute approximate surface area is 194 Å². The van der Waals surface area contributed by atoms with Gasteiger partial charge in [-0.3, -0.25) is 9.59 Å². The Morgan fingerprint density at radius 1 is 1.00 bits per heavy atom. The van der Waals surface area contributed by atoms with Crippen LogP contribution in [0.25, 0.3) is 0 Å². The van der Waals surface area contributed by atoms with Gasteiger partial charge in [0, 0.05) is 26.9 Å². The molecule has 0 radical (unpaired) electrons. The van der Waals surface area contributed by atoms with Crippen LogP contribution in [-0.2, 0) is 4.79 Å². The highest BCUT2D eigenvalue weighted by atomic mass is 79.9. The summed E-state index contributed by atoms with van der Waals surface area (Å²) in [4.78, 5) is 26.7. The molecule has 30 heavy (non-hydrogen) atoms. The highest BCUT2D eigenvalue weighted by Gasteiger charge is 2.18. The van der Waals surface area contributed by atoms with Gasteiger partial charge < -0.3 is 5.32 Å². The Morgan fingerprint density at radius 3 is 2.47 bits per heavy atom. The van der Waals surface area contributed by atoms with Crippen molar-refractivity contribution in [2.24, 2.45) is 0 Å². The van der Waals surface area contributed by atoms with Crippen molar-refractivity contribution in [3.05, 3.63) is 92.9 Å². The Bertz CT molecular complexity index is 1050. The standard InChI is InChI=1S/C24H21BrClNO2S/c1-16-8-11-18(12-9-16)30-14-4-7-23(28)27-22-13-10-17(25)15-20(22)24(29)19-5-2-3-6-21(19)26/h2-3,5-6,8-13,15H,4,7,14H2,1H3,(H,27,28). The first-order valence-electron chi connectivity index (χ1n) is 9.52. The third-order valence-corrected chi connectivity index (χ3v) is 6.38. The van der Waals surface area contributed by atoms with E-state index >= 15 is 0 Å². The lowest BCUT2D eigenvalue weighted by atomic mass is 10.0. The SMILES string of the molecule is Cc1ccc(SCCCC(=O)Nc2ccc(Br)cc2C(=O)c2ccccc2Cl)cc1. The van der Waals surface area contributed by atoms with E-state index in [1.54, 1.807) is 54.2 Å². The van der Waals surface area contributed by atoms with E-state index < -0.39 is 0 Å². The maximum atomic E-state index is 13.0. The molecule has 1 amide bonds. The van der Waals surface area contributed by atoms with Gasteiger partial charge in [-0.25, -0.2) is 0 Å². The van der Waals surface area contributed by atoms with Crippen LogP contribution in [0.1, 0.15) is 34.3 Å². The van der Waals surface area contributed by atoms with Crippen LogP contribution < -0.4 is 5.32 Å². The Hall–Kier alpha value is -2.08. The first kappa shape index (κ1) is 22.6. The summed E-state index contributed by atoms with van der Waals surface area (Å²) in [5, 5.41) is 3.26. The predicted molar refractivity (Wildman–Crippen MR) is 129 cm³/mol. The number of rotatable bonds is 8. The molecule has 0 unspecified atom stereocenters. The zero-order valence-corrected chi connectivity index (χ0v) is 19.6. The zero-order valence-electron chi connectivity index (χ0n) is 16.5. The molecule has 1 N–H and O–H groups in total. The Morgan fingerprint density at radius 2 is 1.73 bits per heavy atom. The highest BCUT2D eigenvalue weighted by Crippen LogP contribution is 2.27. The topological polar surface area (TPSA) is 46.2 Å². The normalized spacial score (nSPS) is 10.6. The van der Waals surface area contributed by atoms with Crippen molar-refractivity contribution in [2.45, 2.75) is 24.7 Å². The second-order valence-electron chi connectivity index (χ2n) is 6.81. The third kappa shape index (κ3) is 6.21. The van der Waals surface area contributed by atoms with E-state index in [2.05, 4.69) is 52.4 Å². The number of halogens is 2. The first-order chi connectivity index (χ1) is 14.4. The number of thioether (sulfide) groups is 1. The van der Waals surface area contributed by atoms with Crippen LogP contribution in [-0.4, -0.2) is 17.4 Å². The number of amides is 1. The largest absolute Gasteiger partial charge is 0.325 e. The van der Waals surface area contributed by atoms with Crippen LogP contribution >= 0.6 is 39.3 Å². The van der Waals surface area contributed by atoms with Crippen LogP contribution in [0, 0.1) is 6.92 Å². The number of carbonyl (C=O) groups excluding carboxylic acids is 2. The summed E-state index contributed by atoms with van der Waals surface area (Å²) >= 11 is 11.3. The molecule has 0 fully saturated rings. The molecule has 3 aromatic rings. The molecule has 154 valence electrons. The second-order valence-corrected chi connectivity index (χ2v) is 9.30. The molecule has 0 saturated carbocycles. The van der Waals surface area contributed by atoms with Gasteiger partial charge in [0.05, 0.1) is 10.7 Å². The lowest BCUT2D eigenvalue weighted by Crippen LogP contribution is -2.15. The summed E-state index contributed by atoms with van der Waals surface area (Å²) < 4.78 is 0.755. The molecule has 0 aliphatic rings. The van der Waals surface area contributed by atoms with E-state index in [1.165, 1.54) is 10.5 Å². The molecule has 0 aromatic heterocycles. The maximum absolute atomic E-state index is 13.0. The highest BCUT2D eigenvalue weighted by molar-refractivity contribution is 9.10. The number of carbonyl (C=O) groups is 2. The van der Waals surface area contributed by atoms with E-state index in [0.29, 0.717) is 28.3 Å². The molecule has 6 heteroatoms. The quantitative estimate of drug-likeness (QED) is 0.202.